The average Bonchev–Trinajstić information content (AvgIpc) is 3.33. The van der Waals surface area contributed by atoms with Gasteiger partial charge in [-0.15, -0.1) is 0 Å². The number of hydrogen-bond donors (Lipinski definition) is 2. The van der Waals surface area contributed by atoms with Crippen LogP contribution in [0.15, 0.2) is 77.7 Å². The summed E-state index contributed by atoms with van der Waals surface area (Å²) in [6.07, 6.45) is 1.26. The molecule has 1 aliphatic rings. The van der Waals surface area contributed by atoms with Gasteiger partial charge in [0.1, 0.15) is 11.6 Å². The quantitative estimate of drug-likeness (QED) is 0.420. The second-order valence-corrected chi connectivity index (χ2v) is 10.5. The molecule has 1 aromatic heterocycles. The van der Waals surface area contributed by atoms with E-state index in [1.165, 1.54) is 23.5 Å². The minimum atomic E-state index is -3.69. The molecule has 0 saturated carbocycles. The third-order valence-corrected chi connectivity index (χ3v) is 8.15. The van der Waals surface area contributed by atoms with Crippen molar-refractivity contribution < 1.29 is 17.9 Å². The molecule has 3 aromatic carbocycles. The Balaban J connectivity index is 1.25. The zero-order valence-corrected chi connectivity index (χ0v) is 20.1. The number of anilines is 1. The zero-order valence-electron chi connectivity index (χ0n) is 19.3. The SMILES string of the molecule is COc1ccc(S(=O)(=O)N2CCCC(C(=O)Nc3ccc(-c4nc5ccccc5[nH]4)cc3)C2)cc1. The van der Waals surface area contributed by atoms with E-state index >= 15 is 0 Å². The molecule has 180 valence electrons. The van der Waals surface area contributed by atoms with Crippen LogP contribution in [0.25, 0.3) is 22.4 Å². The van der Waals surface area contributed by atoms with Crippen LogP contribution in [0.2, 0.25) is 0 Å². The van der Waals surface area contributed by atoms with Gasteiger partial charge in [-0.3, -0.25) is 4.79 Å². The lowest BCUT2D eigenvalue weighted by atomic mass is 9.98. The Morgan fingerprint density at radius 1 is 1.06 bits per heavy atom. The predicted octanol–water partition coefficient (Wildman–Crippen LogP) is 4.28. The van der Waals surface area contributed by atoms with Crippen LogP contribution in [0, 0.1) is 5.92 Å². The molecular formula is C26H26N4O4S. The Labute approximate surface area is 204 Å². The topological polar surface area (TPSA) is 104 Å². The fourth-order valence-corrected chi connectivity index (χ4v) is 5.84. The van der Waals surface area contributed by atoms with Crippen molar-refractivity contribution in [1.29, 1.82) is 0 Å². The first-order valence-corrected chi connectivity index (χ1v) is 12.9. The summed E-state index contributed by atoms with van der Waals surface area (Å²) in [7, 11) is -2.15. The molecular weight excluding hydrogens is 464 g/mol. The van der Waals surface area contributed by atoms with Crippen molar-refractivity contribution in [3.8, 4) is 17.1 Å². The van der Waals surface area contributed by atoms with Crippen molar-refractivity contribution >= 4 is 32.7 Å². The second kappa shape index (κ2) is 9.52. The minimum Gasteiger partial charge on any atom is -0.497 e. The first-order chi connectivity index (χ1) is 16.9. The third-order valence-electron chi connectivity index (χ3n) is 6.27. The van der Waals surface area contributed by atoms with Gasteiger partial charge in [-0.25, -0.2) is 13.4 Å². The Morgan fingerprint density at radius 2 is 1.80 bits per heavy atom. The van der Waals surface area contributed by atoms with Gasteiger partial charge in [-0.2, -0.15) is 4.31 Å². The molecule has 2 heterocycles. The zero-order chi connectivity index (χ0) is 24.4. The van der Waals surface area contributed by atoms with Crippen molar-refractivity contribution in [1.82, 2.24) is 14.3 Å². The van der Waals surface area contributed by atoms with E-state index in [-0.39, 0.29) is 17.3 Å². The number of amides is 1. The summed E-state index contributed by atoms with van der Waals surface area (Å²) in [5.74, 6) is 0.741. The number of nitrogens with zero attached hydrogens (tertiary/aromatic N) is 2. The normalized spacial score (nSPS) is 16.8. The number of hydrogen-bond acceptors (Lipinski definition) is 5. The van der Waals surface area contributed by atoms with E-state index in [1.807, 2.05) is 48.5 Å². The minimum absolute atomic E-state index is 0.150. The van der Waals surface area contributed by atoms with Crippen molar-refractivity contribution in [3.05, 3.63) is 72.8 Å². The van der Waals surface area contributed by atoms with Gasteiger partial charge in [0.05, 0.1) is 29.0 Å². The number of carbonyl (C=O) groups is 1. The number of ether oxygens (including phenoxy) is 1. The van der Waals surface area contributed by atoms with Crippen LogP contribution in [0.5, 0.6) is 5.75 Å². The van der Waals surface area contributed by atoms with Gasteiger partial charge in [0.2, 0.25) is 15.9 Å². The highest BCUT2D eigenvalue weighted by atomic mass is 32.2. The number of sulfonamides is 1. The number of para-hydroxylation sites is 2. The molecule has 5 rings (SSSR count). The number of carbonyl (C=O) groups excluding carboxylic acids is 1. The largest absolute Gasteiger partial charge is 0.497 e. The lowest BCUT2D eigenvalue weighted by Gasteiger charge is -2.31. The van der Waals surface area contributed by atoms with Crippen LogP contribution in [0.3, 0.4) is 0 Å². The van der Waals surface area contributed by atoms with Crippen LogP contribution in [0.4, 0.5) is 5.69 Å². The molecule has 0 spiro atoms. The molecule has 2 N–H and O–H groups in total. The van der Waals surface area contributed by atoms with Crippen LogP contribution < -0.4 is 10.1 Å². The number of benzene rings is 3. The van der Waals surface area contributed by atoms with Crippen molar-refractivity contribution in [3.63, 3.8) is 0 Å². The maximum absolute atomic E-state index is 13.1. The fourth-order valence-electron chi connectivity index (χ4n) is 4.32. The van der Waals surface area contributed by atoms with Crippen molar-refractivity contribution in [2.75, 3.05) is 25.5 Å². The number of aromatic nitrogens is 2. The van der Waals surface area contributed by atoms with E-state index < -0.39 is 15.9 Å². The molecule has 4 aromatic rings. The number of H-pyrrole nitrogens is 1. The first kappa shape index (κ1) is 23.1. The summed E-state index contributed by atoms with van der Waals surface area (Å²) in [6, 6.07) is 21.6. The Morgan fingerprint density at radius 3 is 2.51 bits per heavy atom. The van der Waals surface area contributed by atoms with Crippen LogP contribution in [0.1, 0.15) is 12.8 Å². The summed E-state index contributed by atoms with van der Waals surface area (Å²) < 4.78 is 32.7. The number of aromatic amines is 1. The van der Waals surface area contributed by atoms with E-state index in [4.69, 9.17) is 4.74 Å². The molecule has 1 fully saturated rings. The van der Waals surface area contributed by atoms with Gasteiger partial charge in [-0.05, 0) is 73.5 Å². The van der Waals surface area contributed by atoms with Crippen LogP contribution >= 0.6 is 0 Å². The van der Waals surface area contributed by atoms with Gasteiger partial charge in [-0.1, -0.05) is 12.1 Å². The highest BCUT2D eigenvalue weighted by Gasteiger charge is 2.33. The standard InChI is InChI=1S/C26H26N4O4S/c1-34-21-12-14-22(15-13-21)35(32,33)30-16-4-5-19(17-30)26(31)27-20-10-8-18(9-11-20)25-28-23-6-2-3-7-24(23)29-25/h2-3,6-15,19H,4-5,16-17H2,1H3,(H,27,31)(H,28,29). The summed E-state index contributed by atoms with van der Waals surface area (Å²) in [5.41, 5.74) is 3.43. The molecule has 0 aliphatic carbocycles. The molecule has 1 saturated heterocycles. The summed E-state index contributed by atoms with van der Waals surface area (Å²) in [4.78, 5) is 21.1. The number of fused-ring (bicyclic) bond motifs is 1. The maximum atomic E-state index is 13.1. The smallest absolute Gasteiger partial charge is 0.243 e. The van der Waals surface area contributed by atoms with Crippen molar-refractivity contribution in [2.45, 2.75) is 17.7 Å². The first-order valence-electron chi connectivity index (χ1n) is 11.4. The average molecular weight is 491 g/mol. The Kier molecular flexibility index (Phi) is 6.27. The molecule has 0 bridgehead atoms. The van der Waals surface area contributed by atoms with E-state index in [0.717, 1.165) is 22.4 Å². The molecule has 8 nitrogen and oxygen atoms in total. The van der Waals surface area contributed by atoms with Gasteiger partial charge < -0.3 is 15.0 Å². The summed E-state index contributed by atoms with van der Waals surface area (Å²) in [6.45, 7) is 0.543. The fraction of sp³-hybridized carbons (Fsp3) is 0.231. The van der Waals surface area contributed by atoms with Crippen LogP contribution in [-0.4, -0.2) is 48.8 Å². The maximum Gasteiger partial charge on any atom is 0.243 e. The highest BCUT2D eigenvalue weighted by molar-refractivity contribution is 7.89. The molecule has 35 heavy (non-hydrogen) atoms. The number of nitrogens with one attached hydrogen (secondary N) is 2. The molecule has 1 atom stereocenters. The van der Waals surface area contributed by atoms with E-state index in [1.54, 1.807) is 12.1 Å². The Hall–Kier alpha value is -3.69. The summed E-state index contributed by atoms with van der Waals surface area (Å²) >= 11 is 0. The van der Waals surface area contributed by atoms with Gasteiger partial charge in [0, 0.05) is 24.3 Å². The van der Waals surface area contributed by atoms with Gasteiger partial charge in [0.15, 0.2) is 0 Å². The molecule has 1 amide bonds. The van der Waals surface area contributed by atoms with Crippen LogP contribution in [-0.2, 0) is 14.8 Å². The van der Waals surface area contributed by atoms with E-state index in [2.05, 4.69) is 15.3 Å². The highest BCUT2D eigenvalue weighted by Crippen LogP contribution is 2.27. The number of piperidine rings is 1. The number of imidazole rings is 1. The predicted molar refractivity (Wildman–Crippen MR) is 135 cm³/mol. The molecule has 9 heteroatoms. The van der Waals surface area contributed by atoms with E-state index in [0.29, 0.717) is 30.8 Å². The summed E-state index contributed by atoms with van der Waals surface area (Å²) in [5, 5.41) is 2.94. The van der Waals surface area contributed by atoms with Gasteiger partial charge >= 0.3 is 0 Å². The third kappa shape index (κ3) is 4.78. The number of methoxy groups -OCH3 is 1. The van der Waals surface area contributed by atoms with Crippen molar-refractivity contribution in [2.24, 2.45) is 5.92 Å². The molecule has 1 aliphatic heterocycles. The van der Waals surface area contributed by atoms with E-state index in [9.17, 15) is 13.2 Å². The Bertz CT molecular complexity index is 1410. The number of rotatable bonds is 6. The molecule has 0 radical (unpaired) electrons. The monoisotopic (exact) mass is 490 g/mol. The lowest BCUT2D eigenvalue weighted by Crippen LogP contribution is -2.43. The van der Waals surface area contributed by atoms with Gasteiger partial charge in [0.25, 0.3) is 0 Å². The lowest BCUT2D eigenvalue weighted by molar-refractivity contribution is -0.120. The second-order valence-electron chi connectivity index (χ2n) is 8.55. The molecule has 1 unspecified atom stereocenters.